The van der Waals surface area contributed by atoms with E-state index in [0.29, 0.717) is 6.54 Å². The molecule has 1 aromatic rings. The SMILES string of the molecule is Cc1nc(NCCNCC(C)O)sc1C. The van der Waals surface area contributed by atoms with Crippen LogP contribution in [0.3, 0.4) is 0 Å². The third-order valence-electron chi connectivity index (χ3n) is 2.05. The van der Waals surface area contributed by atoms with Gasteiger partial charge in [0.2, 0.25) is 0 Å². The van der Waals surface area contributed by atoms with Crippen LogP contribution in [0, 0.1) is 13.8 Å². The van der Waals surface area contributed by atoms with Gasteiger partial charge in [0.1, 0.15) is 0 Å². The molecule has 1 rings (SSSR count). The number of aliphatic hydroxyl groups excluding tert-OH is 1. The van der Waals surface area contributed by atoms with E-state index in [2.05, 4.69) is 22.5 Å². The van der Waals surface area contributed by atoms with Gasteiger partial charge in [0.25, 0.3) is 0 Å². The summed E-state index contributed by atoms with van der Waals surface area (Å²) in [6.45, 7) is 8.17. The third kappa shape index (κ3) is 4.59. The van der Waals surface area contributed by atoms with E-state index < -0.39 is 0 Å². The average molecular weight is 229 g/mol. The number of anilines is 1. The van der Waals surface area contributed by atoms with Crippen molar-refractivity contribution in [2.45, 2.75) is 26.9 Å². The summed E-state index contributed by atoms with van der Waals surface area (Å²) in [5, 5.41) is 16.4. The van der Waals surface area contributed by atoms with E-state index in [9.17, 15) is 0 Å². The Morgan fingerprint density at radius 2 is 2.13 bits per heavy atom. The quantitative estimate of drug-likeness (QED) is 0.640. The van der Waals surface area contributed by atoms with Gasteiger partial charge in [-0.2, -0.15) is 0 Å². The molecule has 0 saturated carbocycles. The minimum atomic E-state index is -0.283. The van der Waals surface area contributed by atoms with Crippen LogP contribution in [0.25, 0.3) is 0 Å². The number of nitrogens with zero attached hydrogens (tertiary/aromatic N) is 1. The van der Waals surface area contributed by atoms with Crippen LogP contribution in [-0.2, 0) is 0 Å². The molecule has 15 heavy (non-hydrogen) atoms. The fourth-order valence-electron chi connectivity index (χ4n) is 1.12. The first-order valence-corrected chi connectivity index (χ1v) is 5.98. The summed E-state index contributed by atoms with van der Waals surface area (Å²) < 4.78 is 0. The molecule has 0 fully saturated rings. The van der Waals surface area contributed by atoms with Crippen LogP contribution in [0.15, 0.2) is 0 Å². The summed E-state index contributed by atoms with van der Waals surface area (Å²) in [6, 6.07) is 0. The maximum Gasteiger partial charge on any atom is 0.183 e. The number of thiazole rings is 1. The van der Waals surface area contributed by atoms with Gasteiger partial charge in [-0.25, -0.2) is 4.98 Å². The molecule has 1 atom stereocenters. The van der Waals surface area contributed by atoms with Crippen molar-refractivity contribution in [3.05, 3.63) is 10.6 Å². The smallest absolute Gasteiger partial charge is 0.183 e. The fraction of sp³-hybridized carbons (Fsp3) is 0.700. The molecule has 0 saturated heterocycles. The van der Waals surface area contributed by atoms with E-state index in [-0.39, 0.29) is 6.10 Å². The minimum Gasteiger partial charge on any atom is -0.392 e. The van der Waals surface area contributed by atoms with Gasteiger partial charge in [-0.05, 0) is 20.8 Å². The van der Waals surface area contributed by atoms with Gasteiger partial charge in [0.15, 0.2) is 5.13 Å². The third-order valence-corrected chi connectivity index (χ3v) is 3.08. The van der Waals surface area contributed by atoms with Gasteiger partial charge in [0.05, 0.1) is 11.8 Å². The first-order chi connectivity index (χ1) is 7.09. The van der Waals surface area contributed by atoms with Gasteiger partial charge in [-0.1, -0.05) is 0 Å². The van der Waals surface area contributed by atoms with E-state index in [1.807, 2.05) is 6.92 Å². The molecule has 3 N–H and O–H groups in total. The lowest BCUT2D eigenvalue weighted by atomic mass is 10.4. The Morgan fingerprint density at radius 1 is 1.40 bits per heavy atom. The van der Waals surface area contributed by atoms with Crippen molar-refractivity contribution in [3.8, 4) is 0 Å². The molecule has 0 aromatic carbocycles. The molecule has 1 heterocycles. The van der Waals surface area contributed by atoms with Crippen LogP contribution >= 0.6 is 11.3 Å². The largest absolute Gasteiger partial charge is 0.392 e. The van der Waals surface area contributed by atoms with Crippen LogP contribution in [0.4, 0.5) is 5.13 Å². The normalized spacial score (nSPS) is 12.8. The zero-order chi connectivity index (χ0) is 11.3. The molecule has 1 aromatic heterocycles. The maximum absolute atomic E-state index is 9.02. The summed E-state index contributed by atoms with van der Waals surface area (Å²) >= 11 is 1.68. The van der Waals surface area contributed by atoms with E-state index >= 15 is 0 Å². The van der Waals surface area contributed by atoms with Crippen LogP contribution in [0.2, 0.25) is 0 Å². The monoisotopic (exact) mass is 229 g/mol. The first kappa shape index (κ1) is 12.4. The van der Waals surface area contributed by atoms with Crippen LogP contribution < -0.4 is 10.6 Å². The summed E-state index contributed by atoms with van der Waals surface area (Å²) in [4.78, 5) is 5.63. The molecule has 0 aliphatic carbocycles. The lowest BCUT2D eigenvalue weighted by molar-refractivity contribution is 0.192. The van der Waals surface area contributed by atoms with Crippen molar-refractivity contribution in [2.75, 3.05) is 25.0 Å². The standard InChI is InChI=1S/C10H19N3OS/c1-7(14)6-11-4-5-12-10-13-8(2)9(3)15-10/h7,11,14H,4-6H2,1-3H3,(H,12,13). The number of aromatic nitrogens is 1. The Hall–Kier alpha value is -0.650. The average Bonchev–Trinajstić information content (AvgIpc) is 2.45. The number of aryl methyl sites for hydroxylation is 2. The summed E-state index contributed by atoms with van der Waals surface area (Å²) in [6.07, 6.45) is -0.283. The Bertz CT molecular complexity index is 279. The molecular weight excluding hydrogens is 210 g/mol. The van der Waals surface area contributed by atoms with Crippen molar-refractivity contribution in [1.82, 2.24) is 10.3 Å². The zero-order valence-electron chi connectivity index (χ0n) is 9.50. The summed E-state index contributed by atoms with van der Waals surface area (Å²) in [5.41, 5.74) is 1.10. The molecule has 1 unspecified atom stereocenters. The second-order valence-electron chi connectivity index (χ2n) is 3.64. The van der Waals surface area contributed by atoms with Crippen molar-refractivity contribution in [3.63, 3.8) is 0 Å². The highest BCUT2D eigenvalue weighted by Crippen LogP contribution is 2.20. The molecule has 0 amide bonds. The lowest BCUT2D eigenvalue weighted by Gasteiger charge is -2.06. The topological polar surface area (TPSA) is 57.2 Å². The van der Waals surface area contributed by atoms with E-state index in [0.717, 1.165) is 23.9 Å². The van der Waals surface area contributed by atoms with Crippen LogP contribution in [0.1, 0.15) is 17.5 Å². The molecule has 0 spiro atoms. The summed E-state index contributed by atoms with van der Waals surface area (Å²) in [5.74, 6) is 0. The Morgan fingerprint density at radius 3 is 2.67 bits per heavy atom. The molecular formula is C10H19N3OS. The minimum absolute atomic E-state index is 0.283. The molecule has 5 heteroatoms. The van der Waals surface area contributed by atoms with Gasteiger partial charge in [-0.3, -0.25) is 0 Å². The second kappa shape index (κ2) is 6.05. The Kier molecular flexibility index (Phi) is 5.01. The van der Waals surface area contributed by atoms with Gasteiger partial charge < -0.3 is 15.7 Å². The van der Waals surface area contributed by atoms with Crippen LogP contribution in [0.5, 0.6) is 0 Å². The molecule has 0 aliphatic heterocycles. The number of hydrogen-bond donors (Lipinski definition) is 3. The van der Waals surface area contributed by atoms with Crippen molar-refractivity contribution < 1.29 is 5.11 Å². The number of rotatable bonds is 6. The lowest BCUT2D eigenvalue weighted by Crippen LogP contribution is -2.28. The Labute approximate surface area is 94.7 Å². The van der Waals surface area contributed by atoms with Crippen molar-refractivity contribution in [2.24, 2.45) is 0 Å². The molecule has 0 radical (unpaired) electrons. The zero-order valence-corrected chi connectivity index (χ0v) is 10.3. The number of hydrogen-bond acceptors (Lipinski definition) is 5. The highest BCUT2D eigenvalue weighted by molar-refractivity contribution is 7.15. The fourth-order valence-corrected chi connectivity index (χ4v) is 1.96. The van der Waals surface area contributed by atoms with E-state index in [4.69, 9.17) is 5.11 Å². The predicted octanol–water partition coefficient (Wildman–Crippen LogP) is 1.14. The highest BCUT2D eigenvalue weighted by atomic mass is 32.1. The van der Waals surface area contributed by atoms with E-state index in [1.165, 1.54) is 4.88 Å². The molecule has 86 valence electrons. The van der Waals surface area contributed by atoms with E-state index in [1.54, 1.807) is 18.3 Å². The molecule has 4 nitrogen and oxygen atoms in total. The predicted molar refractivity (Wildman–Crippen MR) is 64.6 cm³/mol. The molecule has 0 aliphatic rings. The van der Waals surface area contributed by atoms with Crippen molar-refractivity contribution in [1.29, 1.82) is 0 Å². The Balaban J connectivity index is 2.15. The van der Waals surface area contributed by atoms with Crippen LogP contribution in [-0.4, -0.2) is 35.8 Å². The second-order valence-corrected chi connectivity index (χ2v) is 4.84. The number of aliphatic hydroxyl groups is 1. The van der Waals surface area contributed by atoms with Gasteiger partial charge in [0, 0.05) is 24.5 Å². The number of nitrogens with one attached hydrogen (secondary N) is 2. The molecule has 0 bridgehead atoms. The first-order valence-electron chi connectivity index (χ1n) is 5.16. The van der Waals surface area contributed by atoms with Gasteiger partial charge >= 0.3 is 0 Å². The highest BCUT2D eigenvalue weighted by Gasteiger charge is 2.01. The van der Waals surface area contributed by atoms with Crippen molar-refractivity contribution >= 4 is 16.5 Å². The summed E-state index contributed by atoms with van der Waals surface area (Å²) in [7, 11) is 0. The van der Waals surface area contributed by atoms with Gasteiger partial charge in [-0.15, -0.1) is 11.3 Å². The maximum atomic E-state index is 9.02.